The molecule has 0 saturated heterocycles. The predicted octanol–water partition coefficient (Wildman–Crippen LogP) is 3.25. The van der Waals surface area contributed by atoms with Gasteiger partial charge in [0.2, 0.25) is 11.6 Å². The Morgan fingerprint density at radius 2 is 1.79 bits per heavy atom. The number of nitrogen functional groups attached to an aromatic ring is 1. The lowest BCUT2D eigenvalue weighted by Gasteiger charge is -2.27. The van der Waals surface area contributed by atoms with E-state index in [-0.39, 0.29) is 33.9 Å². The van der Waals surface area contributed by atoms with Gasteiger partial charge in [0.15, 0.2) is 5.69 Å². The largest absolute Gasteiger partial charge is 0.507 e. The van der Waals surface area contributed by atoms with Crippen molar-refractivity contribution in [3.63, 3.8) is 0 Å². The topological polar surface area (TPSA) is 157 Å². The molecule has 11 nitrogen and oxygen atoms in total. The number of carbonyl (C=O) groups is 1. The molecule has 0 spiro atoms. The van der Waals surface area contributed by atoms with Gasteiger partial charge in [0.1, 0.15) is 5.75 Å². The highest BCUT2D eigenvalue weighted by Crippen LogP contribution is 2.39. The number of hydrogen-bond donors (Lipinski definition) is 3. The summed E-state index contributed by atoms with van der Waals surface area (Å²) in [6, 6.07) is 3.75. The molecule has 0 aliphatic heterocycles. The van der Waals surface area contributed by atoms with E-state index in [1.54, 1.807) is 6.21 Å². The van der Waals surface area contributed by atoms with E-state index in [0.717, 1.165) is 23.1 Å². The Labute approximate surface area is 198 Å². The van der Waals surface area contributed by atoms with Gasteiger partial charge in [-0.15, -0.1) is 5.10 Å². The molecule has 1 amide bonds. The second kappa shape index (κ2) is 9.24. The van der Waals surface area contributed by atoms with Crippen LogP contribution < -0.4 is 11.2 Å². The van der Waals surface area contributed by atoms with Crippen LogP contribution >= 0.6 is 0 Å². The van der Waals surface area contributed by atoms with Gasteiger partial charge in [-0.3, -0.25) is 4.79 Å². The number of nitrogens with zero attached hydrogens (tertiary/aromatic N) is 6. The highest BCUT2D eigenvalue weighted by atomic mass is 16.6. The van der Waals surface area contributed by atoms with Crippen LogP contribution in [0.3, 0.4) is 0 Å². The molecular weight excluding hydrogens is 436 g/mol. The molecule has 4 N–H and O–H groups in total. The number of nitrogens with two attached hydrogens (primary N) is 1. The quantitative estimate of drug-likeness (QED) is 0.367. The number of amides is 1. The van der Waals surface area contributed by atoms with Crippen molar-refractivity contribution < 1.29 is 14.5 Å². The summed E-state index contributed by atoms with van der Waals surface area (Å²) >= 11 is 0. The molecule has 0 aliphatic carbocycles. The van der Waals surface area contributed by atoms with Crippen LogP contribution in [0.1, 0.15) is 87.8 Å². The number of phenols is 1. The van der Waals surface area contributed by atoms with E-state index in [4.69, 9.17) is 5.73 Å². The molecule has 2 aromatic heterocycles. The Morgan fingerprint density at radius 3 is 2.29 bits per heavy atom. The molecule has 0 saturated carbocycles. The van der Waals surface area contributed by atoms with Crippen LogP contribution in [0.5, 0.6) is 5.75 Å². The minimum Gasteiger partial charge on any atom is -0.507 e. The third-order valence-electron chi connectivity index (χ3n) is 5.29. The number of hydrogen-bond acceptors (Lipinski definition) is 9. The molecule has 0 aliphatic rings. The van der Waals surface area contributed by atoms with Crippen LogP contribution in [0.25, 0.3) is 5.82 Å². The van der Waals surface area contributed by atoms with E-state index in [1.165, 1.54) is 4.68 Å². The average Bonchev–Trinajstić information content (AvgIpc) is 3.33. The van der Waals surface area contributed by atoms with Crippen LogP contribution in [0.4, 0.5) is 5.82 Å². The summed E-state index contributed by atoms with van der Waals surface area (Å²) < 4.78 is 5.98. The summed E-state index contributed by atoms with van der Waals surface area (Å²) in [5.74, 6) is -0.0219. The molecule has 0 bridgehead atoms. The molecule has 0 radical (unpaired) electrons. The third kappa shape index (κ3) is 5.08. The first-order valence-corrected chi connectivity index (χ1v) is 11.1. The molecule has 1 aromatic carbocycles. The number of aromatic hydroxyl groups is 1. The van der Waals surface area contributed by atoms with Gasteiger partial charge in [0.05, 0.1) is 11.9 Å². The Hall–Kier alpha value is -3.76. The molecule has 0 fully saturated rings. The number of nitrogens with one attached hydrogen (secondary N) is 1. The van der Waals surface area contributed by atoms with Gasteiger partial charge in [-0.2, -0.15) is 9.78 Å². The highest BCUT2D eigenvalue weighted by molar-refractivity contribution is 5.94. The van der Waals surface area contributed by atoms with Gasteiger partial charge in [-0.1, -0.05) is 60.1 Å². The van der Waals surface area contributed by atoms with E-state index in [0.29, 0.717) is 12.1 Å². The molecule has 182 valence electrons. The molecule has 0 atom stereocenters. The summed E-state index contributed by atoms with van der Waals surface area (Å²) in [5.41, 5.74) is 10.7. The van der Waals surface area contributed by atoms with Crippen molar-refractivity contribution in [3.8, 4) is 11.6 Å². The van der Waals surface area contributed by atoms with Gasteiger partial charge in [0, 0.05) is 11.1 Å². The minimum absolute atomic E-state index is 0.0452. The number of hydrazone groups is 1. The summed E-state index contributed by atoms with van der Waals surface area (Å²) in [7, 11) is 0. The SMILES string of the molecule is CCCc1c(C(=O)NN=Cc2cc(C(C)(C)C)c(O)c(C(C)(C)C)c2)nnn1-c1nonc1N. The van der Waals surface area contributed by atoms with Crippen molar-refractivity contribution in [1.82, 2.24) is 30.7 Å². The first-order valence-electron chi connectivity index (χ1n) is 11.1. The van der Waals surface area contributed by atoms with Crippen molar-refractivity contribution in [3.05, 3.63) is 40.2 Å². The van der Waals surface area contributed by atoms with Crippen LogP contribution in [0.2, 0.25) is 0 Å². The molecule has 2 heterocycles. The second-order valence-corrected chi connectivity index (χ2v) is 10.2. The van der Waals surface area contributed by atoms with E-state index < -0.39 is 5.91 Å². The average molecular weight is 469 g/mol. The summed E-state index contributed by atoms with van der Waals surface area (Å²) in [6.07, 6.45) is 2.79. The Kier molecular flexibility index (Phi) is 6.76. The Morgan fingerprint density at radius 1 is 1.18 bits per heavy atom. The zero-order chi connectivity index (χ0) is 25.3. The number of benzene rings is 1. The molecule has 0 unspecified atom stereocenters. The first-order chi connectivity index (χ1) is 15.8. The van der Waals surface area contributed by atoms with E-state index in [1.807, 2.05) is 60.6 Å². The van der Waals surface area contributed by atoms with Crippen LogP contribution in [0.15, 0.2) is 21.9 Å². The fourth-order valence-corrected chi connectivity index (χ4v) is 3.54. The van der Waals surface area contributed by atoms with Crippen LogP contribution in [0, 0.1) is 0 Å². The second-order valence-electron chi connectivity index (χ2n) is 10.2. The maximum Gasteiger partial charge on any atom is 0.293 e. The molecule has 11 heteroatoms. The van der Waals surface area contributed by atoms with Crippen LogP contribution in [-0.4, -0.2) is 42.5 Å². The minimum atomic E-state index is -0.521. The van der Waals surface area contributed by atoms with Crippen molar-refractivity contribution in [2.24, 2.45) is 5.10 Å². The molecule has 3 rings (SSSR count). The van der Waals surface area contributed by atoms with Crippen molar-refractivity contribution >= 4 is 17.9 Å². The molecule has 34 heavy (non-hydrogen) atoms. The maximum atomic E-state index is 12.8. The van der Waals surface area contributed by atoms with Crippen molar-refractivity contribution in [1.29, 1.82) is 0 Å². The fraction of sp³-hybridized carbons (Fsp3) is 0.478. The zero-order valence-electron chi connectivity index (χ0n) is 20.7. The standard InChI is InChI=1S/C23H32N8O3/c1-8-9-16-17(26-30-31(16)20-19(24)28-34-29-20)21(33)27-25-12-13-10-14(22(2,3)4)18(32)15(11-13)23(5,6)7/h10-12,32H,8-9H2,1-7H3,(H2,24,28)(H,27,33). The van der Waals surface area contributed by atoms with Gasteiger partial charge < -0.3 is 10.8 Å². The van der Waals surface area contributed by atoms with Gasteiger partial charge in [-0.05, 0) is 45.3 Å². The van der Waals surface area contributed by atoms with Crippen molar-refractivity contribution in [2.75, 3.05) is 5.73 Å². The summed E-state index contributed by atoms with van der Waals surface area (Å²) in [5, 5.41) is 30.3. The van der Waals surface area contributed by atoms with Crippen molar-refractivity contribution in [2.45, 2.75) is 72.1 Å². The number of carbonyl (C=O) groups excluding carboxylic acids is 1. The van der Waals surface area contributed by atoms with Crippen LogP contribution in [-0.2, 0) is 17.3 Å². The Bertz CT molecular complexity index is 1180. The monoisotopic (exact) mass is 468 g/mol. The maximum absolute atomic E-state index is 12.8. The lowest BCUT2D eigenvalue weighted by Crippen LogP contribution is -2.21. The highest BCUT2D eigenvalue weighted by Gasteiger charge is 2.26. The summed E-state index contributed by atoms with van der Waals surface area (Å²) in [6.45, 7) is 14.2. The smallest absolute Gasteiger partial charge is 0.293 e. The fourth-order valence-electron chi connectivity index (χ4n) is 3.54. The predicted molar refractivity (Wildman–Crippen MR) is 128 cm³/mol. The number of rotatable bonds is 6. The third-order valence-corrected chi connectivity index (χ3v) is 5.29. The summed E-state index contributed by atoms with van der Waals surface area (Å²) in [4.78, 5) is 12.8. The van der Waals surface area contributed by atoms with E-state index >= 15 is 0 Å². The van der Waals surface area contributed by atoms with Gasteiger partial charge in [0.25, 0.3) is 5.91 Å². The number of aromatic nitrogens is 5. The van der Waals surface area contributed by atoms with Gasteiger partial charge in [-0.25, -0.2) is 10.1 Å². The Balaban J connectivity index is 1.90. The number of anilines is 1. The lowest BCUT2D eigenvalue weighted by molar-refractivity contribution is 0.0949. The lowest BCUT2D eigenvalue weighted by atomic mass is 9.78. The first kappa shape index (κ1) is 24.9. The molecule has 3 aromatic rings. The van der Waals surface area contributed by atoms with Gasteiger partial charge >= 0.3 is 0 Å². The van der Waals surface area contributed by atoms with E-state index in [9.17, 15) is 9.90 Å². The number of phenolic OH excluding ortho intramolecular Hbond substituents is 1. The van der Waals surface area contributed by atoms with E-state index in [2.05, 4.69) is 35.8 Å². The zero-order valence-corrected chi connectivity index (χ0v) is 20.7. The molecular formula is C23H32N8O3. The normalized spacial score (nSPS) is 12.4.